The summed E-state index contributed by atoms with van der Waals surface area (Å²) in [5, 5.41) is 4.40. The zero-order valence-electron chi connectivity index (χ0n) is 17.1. The van der Waals surface area contributed by atoms with Gasteiger partial charge >= 0.3 is 11.7 Å². The zero-order valence-corrected chi connectivity index (χ0v) is 17.1. The molecule has 0 aliphatic heterocycles. The lowest BCUT2D eigenvalue weighted by Crippen LogP contribution is -2.32. The number of para-hydroxylation sites is 1. The van der Waals surface area contributed by atoms with Crippen LogP contribution in [0, 0.1) is 0 Å². The molecule has 3 rings (SSSR count). The van der Waals surface area contributed by atoms with Crippen molar-refractivity contribution in [3.63, 3.8) is 0 Å². The quantitative estimate of drug-likeness (QED) is 0.489. The highest BCUT2D eigenvalue weighted by atomic mass is 16.6. The first-order chi connectivity index (χ1) is 14.3. The number of anilines is 1. The van der Waals surface area contributed by atoms with Gasteiger partial charge in [-0.3, -0.25) is 4.79 Å². The second-order valence-electron chi connectivity index (χ2n) is 6.74. The maximum Gasteiger partial charge on any atom is 0.349 e. The monoisotopic (exact) mass is 410 g/mol. The first kappa shape index (κ1) is 20.8. The summed E-state index contributed by atoms with van der Waals surface area (Å²) >= 11 is 0. The number of carbonyl (C=O) groups is 1. The Hall–Kier alpha value is -3.88. The predicted molar refractivity (Wildman–Crippen MR) is 115 cm³/mol. The first-order valence-electron chi connectivity index (χ1n) is 9.16. The maximum absolute atomic E-state index is 12.6. The molecule has 3 aromatic rings. The Morgan fingerprint density at radius 1 is 1.20 bits per heavy atom. The SMILES string of the molecule is COC(=O)[C@H](C)Oc1cc(N(C)C)ccc1C=Nn1c(=O)[nH]c2ccccc2c1=O. The van der Waals surface area contributed by atoms with E-state index in [0.29, 0.717) is 22.2 Å². The molecule has 0 saturated carbocycles. The van der Waals surface area contributed by atoms with Gasteiger partial charge in [-0.25, -0.2) is 9.59 Å². The normalized spacial score (nSPS) is 12.1. The van der Waals surface area contributed by atoms with Crippen molar-refractivity contribution in [1.29, 1.82) is 0 Å². The van der Waals surface area contributed by atoms with Crippen LogP contribution in [0.15, 0.2) is 57.2 Å². The summed E-state index contributed by atoms with van der Waals surface area (Å²) in [6, 6.07) is 12.0. The highest BCUT2D eigenvalue weighted by Crippen LogP contribution is 2.25. The maximum atomic E-state index is 12.6. The van der Waals surface area contributed by atoms with Crippen molar-refractivity contribution in [2.24, 2.45) is 5.10 Å². The summed E-state index contributed by atoms with van der Waals surface area (Å²) in [6.45, 7) is 1.56. The molecule has 0 saturated heterocycles. The molecule has 1 N–H and O–H groups in total. The fraction of sp³-hybridized carbons (Fsp3) is 0.238. The van der Waals surface area contributed by atoms with E-state index < -0.39 is 23.3 Å². The minimum absolute atomic E-state index is 0.341. The summed E-state index contributed by atoms with van der Waals surface area (Å²) in [4.78, 5) is 41.2. The smallest absolute Gasteiger partial charge is 0.349 e. The van der Waals surface area contributed by atoms with Gasteiger partial charge in [0.25, 0.3) is 5.56 Å². The van der Waals surface area contributed by atoms with Crippen molar-refractivity contribution in [3.8, 4) is 5.75 Å². The topological polar surface area (TPSA) is 106 Å². The van der Waals surface area contributed by atoms with E-state index in [1.165, 1.54) is 13.3 Å². The molecular weight excluding hydrogens is 388 g/mol. The van der Waals surface area contributed by atoms with E-state index in [0.717, 1.165) is 10.4 Å². The van der Waals surface area contributed by atoms with Crippen LogP contribution in [0.1, 0.15) is 12.5 Å². The van der Waals surface area contributed by atoms with E-state index in [-0.39, 0.29) is 0 Å². The first-order valence-corrected chi connectivity index (χ1v) is 9.16. The molecular formula is C21H22N4O5. The Bertz CT molecular complexity index is 1230. The molecule has 0 radical (unpaired) electrons. The average molecular weight is 410 g/mol. The van der Waals surface area contributed by atoms with Gasteiger partial charge in [-0.1, -0.05) is 12.1 Å². The molecule has 9 nitrogen and oxygen atoms in total. The van der Waals surface area contributed by atoms with Crippen molar-refractivity contribution in [2.75, 3.05) is 26.1 Å². The molecule has 0 unspecified atom stereocenters. The standard InChI is InChI=1S/C21H22N4O5/c1-13(20(27)29-4)30-18-11-15(24(2)3)10-9-14(18)12-22-25-19(26)16-7-5-6-8-17(16)23-21(25)28/h5-13H,1-4H3,(H,23,28)/t13-/m0/s1. The second kappa shape index (κ2) is 8.64. The summed E-state index contributed by atoms with van der Waals surface area (Å²) in [5.74, 6) is -0.177. The number of ether oxygens (including phenoxy) is 2. The minimum atomic E-state index is -0.855. The van der Waals surface area contributed by atoms with E-state index >= 15 is 0 Å². The molecule has 156 valence electrons. The van der Waals surface area contributed by atoms with Crippen LogP contribution in [0.4, 0.5) is 5.69 Å². The van der Waals surface area contributed by atoms with Crippen molar-refractivity contribution >= 4 is 28.8 Å². The number of fused-ring (bicyclic) bond motifs is 1. The lowest BCUT2D eigenvalue weighted by atomic mass is 10.2. The van der Waals surface area contributed by atoms with Gasteiger partial charge in [0.05, 0.1) is 24.2 Å². The van der Waals surface area contributed by atoms with Crippen molar-refractivity contribution < 1.29 is 14.3 Å². The van der Waals surface area contributed by atoms with Gasteiger partial charge in [0.2, 0.25) is 0 Å². The Morgan fingerprint density at radius 2 is 1.93 bits per heavy atom. The van der Waals surface area contributed by atoms with Gasteiger partial charge in [-0.15, -0.1) is 4.68 Å². The number of nitrogens with one attached hydrogen (secondary N) is 1. The highest BCUT2D eigenvalue weighted by molar-refractivity contribution is 5.85. The van der Waals surface area contributed by atoms with Gasteiger partial charge in [0, 0.05) is 31.4 Å². The molecule has 2 aromatic carbocycles. The molecule has 0 aliphatic carbocycles. The number of methoxy groups -OCH3 is 1. The molecule has 30 heavy (non-hydrogen) atoms. The number of aromatic amines is 1. The summed E-state index contributed by atoms with van der Waals surface area (Å²) in [7, 11) is 5.01. The van der Waals surface area contributed by atoms with E-state index in [9.17, 15) is 14.4 Å². The van der Waals surface area contributed by atoms with Gasteiger partial charge in [0.15, 0.2) is 6.10 Å². The number of hydrogen-bond donors (Lipinski definition) is 1. The van der Waals surface area contributed by atoms with Crippen molar-refractivity contribution in [2.45, 2.75) is 13.0 Å². The fourth-order valence-corrected chi connectivity index (χ4v) is 2.79. The Morgan fingerprint density at radius 3 is 2.63 bits per heavy atom. The third kappa shape index (κ3) is 4.24. The Labute approximate surface area is 172 Å². The van der Waals surface area contributed by atoms with Crippen LogP contribution in [0.2, 0.25) is 0 Å². The van der Waals surface area contributed by atoms with Crippen LogP contribution in [0.5, 0.6) is 5.75 Å². The van der Waals surface area contributed by atoms with E-state index in [2.05, 4.69) is 10.1 Å². The van der Waals surface area contributed by atoms with E-state index in [1.54, 1.807) is 43.3 Å². The number of benzene rings is 2. The Balaban J connectivity index is 2.05. The number of nitrogens with zero attached hydrogens (tertiary/aromatic N) is 3. The average Bonchev–Trinajstić information content (AvgIpc) is 2.73. The van der Waals surface area contributed by atoms with E-state index in [1.807, 2.05) is 25.1 Å². The molecule has 1 aromatic heterocycles. The van der Waals surface area contributed by atoms with Gasteiger partial charge in [-0.2, -0.15) is 5.10 Å². The molecule has 1 heterocycles. The number of rotatable bonds is 6. The Kier molecular flexibility index (Phi) is 6.01. The molecule has 0 fully saturated rings. The summed E-state index contributed by atoms with van der Waals surface area (Å²) in [5.41, 5.74) is 0.548. The van der Waals surface area contributed by atoms with Gasteiger partial charge < -0.3 is 19.4 Å². The summed E-state index contributed by atoms with van der Waals surface area (Å²) in [6.07, 6.45) is 0.482. The molecule has 0 aliphatic rings. The number of carbonyl (C=O) groups excluding carboxylic acids is 1. The lowest BCUT2D eigenvalue weighted by molar-refractivity contribution is -0.147. The van der Waals surface area contributed by atoms with Crippen LogP contribution in [0.25, 0.3) is 10.9 Å². The predicted octanol–water partition coefficient (Wildman–Crippen LogP) is 1.58. The van der Waals surface area contributed by atoms with Gasteiger partial charge in [-0.05, 0) is 31.2 Å². The van der Waals surface area contributed by atoms with E-state index in [4.69, 9.17) is 9.47 Å². The molecule has 0 bridgehead atoms. The van der Waals surface area contributed by atoms with Crippen molar-refractivity contribution in [3.05, 3.63) is 68.9 Å². The number of aromatic nitrogens is 2. The number of esters is 1. The number of H-pyrrole nitrogens is 1. The summed E-state index contributed by atoms with van der Waals surface area (Å²) < 4.78 is 11.2. The van der Waals surface area contributed by atoms with Crippen LogP contribution in [-0.4, -0.2) is 49.2 Å². The minimum Gasteiger partial charge on any atom is -0.478 e. The van der Waals surface area contributed by atoms with Crippen LogP contribution >= 0.6 is 0 Å². The lowest BCUT2D eigenvalue weighted by Gasteiger charge is -2.18. The molecule has 9 heteroatoms. The van der Waals surface area contributed by atoms with Gasteiger partial charge in [0.1, 0.15) is 5.75 Å². The number of hydrogen-bond acceptors (Lipinski definition) is 7. The van der Waals surface area contributed by atoms with Crippen molar-refractivity contribution in [1.82, 2.24) is 9.66 Å². The van der Waals surface area contributed by atoms with Crippen LogP contribution in [-0.2, 0) is 9.53 Å². The zero-order chi connectivity index (χ0) is 21.8. The van der Waals surface area contributed by atoms with Crippen LogP contribution in [0.3, 0.4) is 0 Å². The molecule has 0 amide bonds. The fourth-order valence-electron chi connectivity index (χ4n) is 2.79. The highest BCUT2D eigenvalue weighted by Gasteiger charge is 2.17. The largest absolute Gasteiger partial charge is 0.478 e. The molecule has 1 atom stereocenters. The van der Waals surface area contributed by atoms with Crippen LogP contribution < -0.4 is 20.9 Å². The third-order valence-electron chi connectivity index (χ3n) is 4.45. The third-order valence-corrected chi connectivity index (χ3v) is 4.45. The molecule has 0 spiro atoms. The second-order valence-corrected chi connectivity index (χ2v) is 6.74.